The maximum Gasteiger partial charge on any atom is 0.265 e. The largest absolute Gasteiger partial charge is 0.311 e. The van der Waals surface area contributed by atoms with E-state index in [0.29, 0.717) is 6.54 Å². The molecule has 1 atom stereocenters. The smallest absolute Gasteiger partial charge is 0.265 e. The Balaban J connectivity index is 2.33. The zero-order valence-corrected chi connectivity index (χ0v) is 11.0. The fourth-order valence-corrected chi connectivity index (χ4v) is 3.18. The first-order valence-corrected chi connectivity index (χ1v) is 7.62. The van der Waals surface area contributed by atoms with Crippen LogP contribution in [0.3, 0.4) is 0 Å². The van der Waals surface area contributed by atoms with Crippen LogP contribution >= 0.6 is 0 Å². The summed E-state index contributed by atoms with van der Waals surface area (Å²) < 4.78 is 30.1. The molecule has 0 aromatic heterocycles. The molecule has 0 spiro atoms. The topological polar surface area (TPSA) is 66.4 Å². The number of rotatable bonds is 5. The molecule has 0 aromatic carbocycles. The third-order valence-electron chi connectivity index (χ3n) is 3.33. The monoisotopic (exact) mass is 249 g/mol. The van der Waals surface area contributed by atoms with Crippen LogP contribution in [-0.4, -0.2) is 30.8 Å². The highest BCUT2D eigenvalue weighted by molar-refractivity contribution is 7.85. The van der Waals surface area contributed by atoms with Gasteiger partial charge in [-0.3, -0.25) is 4.55 Å². The molecule has 0 amide bonds. The van der Waals surface area contributed by atoms with Crippen molar-refractivity contribution >= 4 is 10.1 Å². The molecule has 16 heavy (non-hydrogen) atoms. The van der Waals surface area contributed by atoms with Crippen LogP contribution in [0, 0.1) is 5.92 Å². The standard InChI is InChI=1S/C11H23NO3S/c1-10(9-16(13,14)15)8-12-11(2)6-4-3-5-7-11/h10,12H,3-9H2,1-2H3,(H,13,14,15). The van der Waals surface area contributed by atoms with Crippen molar-refractivity contribution in [1.82, 2.24) is 5.32 Å². The molecule has 2 N–H and O–H groups in total. The zero-order chi connectivity index (χ0) is 12.2. The third kappa shape index (κ3) is 5.27. The lowest BCUT2D eigenvalue weighted by atomic mass is 9.83. The normalized spacial score (nSPS) is 22.9. The van der Waals surface area contributed by atoms with Crippen LogP contribution < -0.4 is 5.32 Å². The Bertz CT molecular complexity index is 307. The summed E-state index contributed by atoms with van der Waals surface area (Å²) in [6, 6.07) is 0. The average molecular weight is 249 g/mol. The summed E-state index contributed by atoms with van der Waals surface area (Å²) in [5, 5.41) is 3.44. The van der Waals surface area contributed by atoms with E-state index in [-0.39, 0.29) is 17.2 Å². The van der Waals surface area contributed by atoms with E-state index < -0.39 is 10.1 Å². The van der Waals surface area contributed by atoms with Gasteiger partial charge in [-0.1, -0.05) is 26.2 Å². The van der Waals surface area contributed by atoms with Gasteiger partial charge in [0.2, 0.25) is 0 Å². The molecule has 1 aliphatic rings. The lowest BCUT2D eigenvalue weighted by Gasteiger charge is -2.35. The van der Waals surface area contributed by atoms with Crippen LogP contribution in [0.4, 0.5) is 0 Å². The minimum absolute atomic E-state index is 0.0475. The molecule has 0 heterocycles. The highest BCUT2D eigenvalue weighted by atomic mass is 32.2. The van der Waals surface area contributed by atoms with Crippen molar-refractivity contribution in [2.24, 2.45) is 5.92 Å². The molecule has 0 aliphatic heterocycles. The summed E-state index contributed by atoms with van der Waals surface area (Å²) in [5.74, 6) is -0.204. The van der Waals surface area contributed by atoms with E-state index in [1.54, 1.807) is 0 Å². The van der Waals surface area contributed by atoms with Crippen molar-refractivity contribution in [2.75, 3.05) is 12.3 Å². The third-order valence-corrected chi connectivity index (χ3v) is 4.32. The molecule has 96 valence electrons. The van der Waals surface area contributed by atoms with E-state index >= 15 is 0 Å². The van der Waals surface area contributed by atoms with Crippen molar-refractivity contribution in [3.8, 4) is 0 Å². The molecule has 0 radical (unpaired) electrons. The number of hydrogen-bond acceptors (Lipinski definition) is 3. The van der Waals surface area contributed by atoms with Gasteiger partial charge in [-0.05, 0) is 32.2 Å². The van der Waals surface area contributed by atoms with Gasteiger partial charge in [-0.15, -0.1) is 0 Å². The first-order valence-electron chi connectivity index (χ1n) is 6.01. The Morgan fingerprint density at radius 2 is 1.88 bits per heavy atom. The summed E-state index contributed by atoms with van der Waals surface area (Å²) in [4.78, 5) is 0. The average Bonchev–Trinajstić information content (AvgIpc) is 2.14. The number of hydrogen-bond donors (Lipinski definition) is 2. The summed E-state index contributed by atoms with van der Waals surface area (Å²) >= 11 is 0. The molecule has 1 aliphatic carbocycles. The van der Waals surface area contributed by atoms with E-state index in [1.807, 2.05) is 6.92 Å². The molecule has 0 aromatic rings. The molecule has 0 bridgehead atoms. The molecule has 4 nitrogen and oxygen atoms in total. The van der Waals surface area contributed by atoms with Crippen molar-refractivity contribution in [3.63, 3.8) is 0 Å². The predicted octanol–water partition coefficient (Wildman–Crippen LogP) is 1.82. The van der Waals surface area contributed by atoms with E-state index in [9.17, 15) is 8.42 Å². The Kier molecular flexibility index (Phi) is 4.76. The molecule has 5 heteroatoms. The van der Waals surface area contributed by atoms with Crippen LogP contribution in [0.1, 0.15) is 46.0 Å². The Labute approximate surface area is 98.6 Å². The first-order chi connectivity index (χ1) is 7.31. The predicted molar refractivity (Wildman–Crippen MR) is 65.1 cm³/mol. The van der Waals surface area contributed by atoms with E-state index in [2.05, 4.69) is 12.2 Å². The number of nitrogens with one attached hydrogen (secondary N) is 1. The van der Waals surface area contributed by atoms with Gasteiger partial charge in [0.25, 0.3) is 10.1 Å². The molecule has 1 unspecified atom stereocenters. The van der Waals surface area contributed by atoms with E-state index in [1.165, 1.54) is 19.3 Å². The molecule has 1 fully saturated rings. The molecule has 1 saturated carbocycles. The van der Waals surface area contributed by atoms with Gasteiger partial charge >= 0.3 is 0 Å². The van der Waals surface area contributed by atoms with Crippen molar-refractivity contribution in [1.29, 1.82) is 0 Å². The van der Waals surface area contributed by atoms with Crippen molar-refractivity contribution in [3.05, 3.63) is 0 Å². The maximum atomic E-state index is 10.7. The Morgan fingerprint density at radius 1 is 1.31 bits per heavy atom. The SMILES string of the molecule is CC(CNC1(C)CCCCC1)CS(=O)(=O)O. The second kappa shape index (κ2) is 5.47. The van der Waals surface area contributed by atoms with Crippen LogP contribution in [0.2, 0.25) is 0 Å². The van der Waals surface area contributed by atoms with Gasteiger partial charge in [0, 0.05) is 5.54 Å². The summed E-state index contributed by atoms with van der Waals surface area (Å²) in [5.41, 5.74) is 0.158. The zero-order valence-electron chi connectivity index (χ0n) is 10.2. The summed E-state index contributed by atoms with van der Waals surface area (Å²) in [6.07, 6.45) is 6.11. The van der Waals surface area contributed by atoms with Gasteiger partial charge in [0.05, 0.1) is 5.75 Å². The second-order valence-corrected chi connectivity index (χ2v) is 6.85. The lowest BCUT2D eigenvalue weighted by molar-refractivity contribution is 0.245. The van der Waals surface area contributed by atoms with Gasteiger partial charge in [0.1, 0.15) is 0 Å². The van der Waals surface area contributed by atoms with Crippen molar-refractivity contribution in [2.45, 2.75) is 51.5 Å². The van der Waals surface area contributed by atoms with Crippen molar-refractivity contribution < 1.29 is 13.0 Å². The Morgan fingerprint density at radius 3 is 2.38 bits per heavy atom. The quantitative estimate of drug-likeness (QED) is 0.729. The van der Waals surface area contributed by atoms with E-state index in [0.717, 1.165) is 12.8 Å². The highest BCUT2D eigenvalue weighted by Gasteiger charge is 2.26. The van der Waals surface area contributed by atoms with Crippen LogP contribution in [0.25, 0.3) is 0 Å². The molecule has 1 rings (SSSR count). The first kappa shape index (κ1) is 13.9. The van der Waals surface area contributed by atoms with Gasteiger partial charge in [-0.25, -0.2) is 0 Å². The molecule has 0 saturated heterocycles. The van der Waals surface area contributed by atoms with Crippen LogP contribution in [0.15, 0.2) is 0 Å². The lowest BCUT2D eigenvalue weighted by Crippen LogP contribution is -2.46. The Hall–Kier alpha value is -0.130. The fraction of sp³-hybridized carbons (Fsp3) is 1.00. The maximum absolute atomic E-state index is 10.7. The van der Waals surface area contributed by atoms with Gasteiger partial charge in [-0.2, -0.15) is 8.42 Å². The van der Waals surface area contributed by atoms with Crippen LogP contribution in [0.5, 0.6) is 0 Å². The molecular formula is C11H23NO3S. The fourth-order valence-electron chi connectivity index (χ4n) is 2.35. The second-order valence-electron chi connectivity index (χ2n) is 5.36. The van der Waals surface area contributed by atoms with Crippen LogP contribution in [-0.2, 0) is 10.1 Å². The minimum atomic E-state index is -3.84. The highest BCUT2D eigenvalue weighted by Crippen LogP contribution is 2.27. The summed E-state index contributed by atoms with van der Waals surface area (Å²) in [7, 11) is -3.84. The van der Waals surface area contributed by atoms with Gasteiger partial charge < -0.3 is 5.32 Å². The van der Waals surface area contributed by atoms with E-state index in [4.69, 9.17) is 4.55 Å². The minimum Gasteiger partial charge on any atom is -0.311 e. The summed E-state index contributed by atoms with van der Waals surface area (Å²) in [6.45, 7) is 4.69. The van der Waals surface area contributed by atoms with Gasteiger partial charge in [0.15, 0.2) is 0 Å². The molecular weight excluding hydrogens is 226 g/mol.